The Hall–Kier alpha value is -1.98. The van der Waals surface area contributed by atoms with Gasteiger partial charge in [-0.2, -0.15) is 0 Å². The SMILES string of the molecule is CC(=O)OC1CC23CC(C(=O)C=C2C2(C)C(OC(C)=O)CCC(C)(C)C12)C(C)C3=O. The summed E-state index contributed by atoms with van der Waals surface area (Å²) in [4.78, 5) is 50.6. The fourth-order valence-corrected chi connectivity index (χ4v) is 7.58. The van der Waals surface area contributed by atoms with Gasteiger partial charge in [0.05, 0.1) is 5.41 Å². The third-order valence-corrected chi connectivity index (χ3v) is 8.56. The van der Waals surface area contributed by atoms with Crippen molar-refractivity contribution in [1.29, 1.82) is 0 Å². The van der Waals surface area contributed by atoms with Crippen LogP contribution in [0.25, 0.3) is 0 Å². The van der Waals surface area contributed by atoms with E-state index < -0.39 is 23.0 Å². The molecule has 4 rings (SSSR count). The van der Waals surface area contributed by atoms with Crippen LogP contribution in [0.2, 0.25) is 0 Å². The van der Waals surface area contributed by atoms with Crippen molar-refractivity contribution < 1.29 is 28.7 Å². The van der Waals surface area contributed by atoms with Gasteiger partial charge in [-0.1, -0.05) is 27.7 Å². The smallest absolute Gasteiger partial charge is 0.302 e. The van der Waals surface area contributed by atoms with Crippen molar-refractivity contribution in [3.8, 4) is 0 Å². The highest BCUT2D eigenvalue weighted by Crippen LogP contribution is 2.70. The van der Waals surface area contributed by atoms with Gasteiger partial charge < -0.3 is 9.47 Å². The minimum Gasteiger partial charge on any atom is -0.462 e. The molecule has 0 radical (unpaired) electrons. The standard InChI is InChI=1S/C24H32O6/c1-12-15-10-24(21(12)28)11-17(29-13(2)25)20-22(4,5)8-7-19(30-14(3)26)23(20,6)18(24)9-16(15)27/h9,12,15,17,19-20H,7-8,10-11H2,1-6H3. The number of hydrogen-bond acceptors (Lipinski definition) is 6. The van der Waals surface area contributed by atoms with Gasteiger partial charge >= 0.3 is 11.9 Å². The predicted molar refractivity (Wildman–Crippen MR) is 108 cm³/mol. The van der Waals surface area contributed by atoms with Crippen molar-refractivity contribution in [2.75, 3.05) is 0 Å². The van der Waals surface area contributed by atoms with Crippen LogP contribution in [0.5, 0.6) is 0 Å². The van der Waals surface area contributed by atoms with Crippen LogP contribution >= 0.6 is 0 Å². The summed E-state index contributed by atoms with van der Waals surface area (Å²) in [6.07, 6.45) is 3.05. The van der Waals surface area contributed by atoms with Gasteiger partial charge in [0.15, 0.2) is 5.78 Å². The molecule has 0 aliphatic heterocycles. The highest BCUT2D eigenvalue weighted by atomic mass is 16.6. The highest BCUT2D eigenvalue weighted by molar-refractivity contribution is 6.06. The fraction of sp³-hybridized carbons (Fsp3) is 0.750. The van der Waals surface area contributed by atoms with E-state index in [4.69, 9.17) is 9.47 Å². The molecule has 7 atom stereocenters. The van der Waals surface area contributed by atoms with Gasteiger partial charge in [0.2, 0.25) is 0 Å². The minimum atomic E-state index is -0.824. The van der Waals surface area contributed by atoms with E-state index in [2.05, 4.69) is 13.8 Å². The normalized spacial score (nSPS) is 43.9. The number of allylic oxidation sites excluding steroid dienone is 1. The molecule has 0 N–H and O–H groups in total. The first kappa shape index (κ1) is 21.3. The van der Waals surface area contributed by atoms with Crippen LogP contribution in [0, 0.1) is 34.0 Å². The molecule has 6 heteroatoms. The van der Waals surface area contributed by atoms with Crippen LogP contribution in [0.1, 0.15) is 67.2 Å². The predicted octanol–water partition coefficient (Wildman–Crippen LogP) is 3.42. The van der Waals surface area contributed by atoms with Gasteiger partial charge in [-0.25, -0.2) is 0 Å². The molecule has 0 aromatic rings. The maximum atomic E-state index is 13.6. The molecule has 3 saturated carbocycles. The van der Waals surface area contributed by atoms with Crippen LogP contribution in [-0.4, -0.2) is 35.7 Å². The Balaban J connectivity index is 1.96. The van der Waals surface area contributed by atoms with E-state index >= 15 is 0 Å². The number of carbonyl (C=O) groups is 4. The summed E-state index contributed by atoms with van der Waals surface area (Å²) in [6, 6.07) is 0. The first-order chi connectivity index (χ1) is 13.8. The van der Waals surface area contributed by atoms with E-state index in [1.165, 1.54) is 13.8 Å². The third kappa shape index (κ3) is 2.68. The molecule has 4 aliphatic rings. The molecule has 7 unspecified atom stereocenters. The van der Waals surface area contributed by atoms with E-state index in [0.717, 1.165) is 12.0 Å². The lowest BCUT2D eigenvalue weighted by atomic mass is 9.42. The topological polar surface area (TPSA) is 86.7 Å². The molecule has 0 aromatic heterocycles. The van der Waals surface area contributed by atoms with Crippen molar-refractivity contribution in [1.82, 2.24) is 0 Å². The number of Topliss-reactive ketones (excluding diaryl/α,β-unsaturated/α-hetero) is 1. The summed E-state index contributed by atoms with van der Waals surface area (Å²) >= 11 is 0. The van der Waals surface area contributed by atoms with E-state index in [1.807, 2.05) is 13.8 Å². The number of carbonyl (C=O) groups excluding carboxylic acids is 4. The number of hydrogen-bond donors (Lipinski definition) is 0. The van der Waals surface area contributed by atoms with Crippen molar-refractivity contribution >= 4 is 23.5 Å². The molecule has 30 heavy (non-hydrogen) atoms. The molecular weight excluding hydrogens is 384 g/mol. The lowest BCUT2D eigenvalue weighted by molar-refractivity contribution is -0.200. The Morgan fingerprint density at radius 1 is 1.03 bits per heavy atom. The Morgan fingerprint density at radius 3 is 2.27 bits per heavy atom. The van der Waals surface area contributed by atoms with Crippen LogP contribution in [0.3, 0.4) is 0 Å². The number of rotatable bonds is 2. The average Bonchev–Trinajstić information content (AvgIpc) is 2.82. The van der Waals surface area contributed by atoms with Gasteiger partial charge in [0.1, 0.15) is 18.0 Å². The fourth-order valence-electron chi connectivity index (χ4n) is 7.58. The summed E-state index contributed by atoms with van der Waals surface area (Å²) in [5.41, 5.74) is -0.999. The summed E-state index contributed by atoms with van der Waals surface area (Å²) in [6.45, 7) is 10.9. The maximum Gasteiger partial charge on any atom is 0.302 e. The van der Waals surface area contributed by atoms with Crippen molar-refractivity contribution in [2.45, 2.75) is 79.4 Å². The molecule has 1 spiro atoms. The molecule has 164 valence electrons. The van der Waals surface area contributed by atoms with Crippen molar-refractivity contribution in [3.05, 3.63) is 11.6 Å². The second kappa shape index (κ2) is 6.51. The summed E-state index contributed by atoms with van der Waals surface area (Å²) in [5, 5.41) is 0. The third-order valence-electron chi connectivity index (χ3n) is 8.56. The quantitative estimate of drug-likeness (QED) is 0.641. The molecule has 0 aromatic carbocycles. The van der Waals surface area contributed by atoms with E-state index in [-0.39, 0.29) is 46.7 Å². The zero-order valence-electron chi connectivity index (χ0n) is 18.7. The zero-order chi connectivity index (χ0) is 22.2. The number of ketones is 2. The van der Waals surface area contributed by atoms with Gasteiger partial charge in [-0.15, -0.1) is 0 Å². The number of ether oxygens (including phenoxy) is 2. The largest absolute Gasteiger partial charge is 0.462 e. The Kier molecular flexibility index (Phi) is 4.61. The van der Waals surface area contributed by atoms with Gasteiger partial charge in [0.25, 0.3) is 0 Å². The molecule has 4 aliphatic carbocycles. The molecule has 0 saturated heterocycles. The lowest BCUT2D eigenvalue weighted by Gasteiger charge is -2.63. The second-order valence-electron chi connectivity index (χ2n) is 10.7. The Labute approximate surface area is 177 Å². The highest BCUT2D eigenvalue weighted by Gasteiger charge is 2.71. The summed E-state index contributed by atoms with van der Waals surface area (Å²) in [5.74, 6) is -1.54. The Morgan fingerprint density at radius 2 is 1.67 bits per heavy atom. The number of fused-ring (bicyclic) bond motifs is 3. The first-order valence-electron chi connectivity index (χ1n) is 11.0. The molecule has 0 amide bonds. The number of esters is 2. The van der Waals surface area contributed by atoms with Crippen molar-refractivity contribution in [2.24, 2.45) is 34.0 Å². The molecular formula is C24H32O6. The second-order valence-corrected chi connectivity index (χ2v) is 10.7. The van der Waals surface area contributed by atoms with E-state index in [1.54, 1.807) is 6.08 Å². The molecule has 0 heterocycles. The zero-order valence-corrected chi connectivity index (χ0v) is 18.7. The monoisotopic (exact) mass is 416 g/mol. The molecule has 2 bridgehead atoms. The van der Waals surface area contributed by atoms with Crippen LogP contribution < -0.4 is 0 Å². The van der Waals surface area contributed by atoms with Gasteiger partial charge in [-0.3, -0.25) is 19.2 Å². The van der Waals surface area contributed by atoms with E-state index in [0.29, 0.717) is 19.3 Å². The van der Waals surface area contributed by atoms with Gasteiger partial charge in [-0.05, 0) is 36.3 Å². The minimum absolute atomic E-state index is 0.00478. The summed E-state index contributed by atoms with van der Waals surface area (Å²) in [7, 11) is 0. The molecule has 3 fully saturated rings. The van der Waals surface area contributed by atoms with Crippen LogP contribution in [-0.2, 0) is 28.7 Å². The van der Waals surface area contributed by atoms with Crippen molar-refractivity contribution in [3.63, 3.8) is 0 Å². The molecule has 6 nitrogen and oxygen atoms in total. The van der Waals surface area contributed by atoms with E-state index in [9.17, 15) is 19.2 Å². The Bertz CT molecular complexity index is 869. The van der Waals surface area contributed by atoms with Crippen LogP contribution in [0.15, 0.2) is 11.6 Å². The average molecular weight is 417 g/mol. The van der Waals surface area contributed by atoms with Crippen LogP contribution in [0.4, 0.5) is 0 Å². The summed E-state index contributed by atoms with van der Waals surface area (Å²) < 4.78 is 11.7. The first-order valence-corrected chi connectivity index (χ1v) is 11.0. The van der Waals surface area contributed by atoms with Gasteiger partial charge in [0, 0.05) is 43.4 Å². The maximum absolute atomic E-state index is 13.6. The lowest BCUT2D eigenvalue weighted by Crippen LogP contribution is -2.64.